The van der Waals surface area contributed by atoms with Crippen LogP contribution in [0.4, 0.5) is 18.0 Å². The van der Waals surface area contributed by atoms with Gasteiger partial charge in [0, 0.05) is 13.1 Å². The van der Waals surface area contributed by atoms with Gasteiger partial charge in [0.05, 0.1) is 0 Å². The van der Waals surface area contributed by atoms with E-state index in [-0.39, 0.29) is 45.6 Å². The smallest absolute Gasteiger partial charge is 0.459 e. The van der Waals surface area contributed by atoms with E-state index in [0.717, 1.165) is 11.1 Å². The summed E-state index contributed by atoms with van der Waals surface area (Å²) in [5.41, 5.74) is 1.53. The highest BCUT2D eigenvalue weighted by Crippen LogP contribution is 2.22. The highest BCUT2D eigenvalue weighted by atomic mass is 19.4. The van der Waals surface area contributed by atoms with Gasteiger partial charge in [0.2, 0.25) is 5.91 Å². The average molecular weight is 564 g/mol. The fourth-order valence-corrected chi connectivity index (χ4v) is 4.24. The lowest BCUT2D eigenvalue weighted by Crippen LogP contribution is -2.52. The van der Waals surface area contributed by atoms with Crippen LogP contribution in [-0.4, -0.2) is 60.1 Å². The Balaban J connectivity index is 1.59. The summed E-state index contributed by atoms with van der Waals surface area (Å²) >= 11 is 0. The highest BCUT2D eigenvalue weighted by molar-refractivity contribution is 5.90. The molecule has 1 aliphatic heterocycles. The topological polar surface area (TPSA) is 114 Å². The zero-order chi connectivity index (χ0) is 29.0. The maximum Gasteiger partial charge on any atom is 0.471 e. The molecule has 0 aliphatic carbocycles. The molecule has 2 N–H and O–H groups in total. The van der Waals surface area contributed by atoms with Gasteiger partial charge in [-0.3, -0.25) is 9.59 Å². The lowest BCUT2D eigenvalue weighted by molar-refractivity contribution is -0.173. The van der Waals surface area contributed by atoms with Gasteiger partial charge >= 0.3 is 24.1 Å². The predicted molar refractivity (Wildman–Crippen MR) is 137 cm³/mol. The minimum atomic E-state index is -4.98. The lowest BCUT2D eigenvalue weighted by atomic mass is 10.1. The number of nitrogens with zero attached hydrogens (tertiary/aromatic N) is 1. The number of halogens is 3. The fourth-order valence-electron chi connectivity index (χ4n) is 4.24. The van der Waals surface area contributed by atoms with E-state index in [1.165, 1.54) is 4.90 Å². The third-order valence-corrected chi connectivity index (χ3v) is 6.30. The molecular formula is C28H32F3N3O6. The monoisotopic (exact) mass is 563 g/mol. The molecule has 1 heterocycles. The van der Waals surface area contributed by atoms with Crippen LogP contribution in [0.15, 0.2) is 60.7 Å². The molecule has 40 heavy (non-hydrogen) atoms. The van der Waals surface area contributed by atoms with Crippen LogP contribution in [0.1, 0.15) is 43.2 Å². The second-order valence-corrected chi connectivity index (χ2v) is 9.29. The molecule has 0 bridgehead atoms. The zero-order valence-corrected chi connectivity index (χ0v) is 21.8. The number of hydrogen-bond acceptors (Lipinski definition) is 6. The van der Waals surface area contributed by atoms with Crippen molar-refractivity contribution in [3.8, 4) is 0 Å². The van der Waals surface area contributed by atoms with Crippen LogP contribution in [0.25, 0.3) is 0 Å². The van der Waals surface area contributed by atoms with Gasteiger partial charge in [0.25, 0.3) is 0 Å². The fraction of sp³-hybridized carbons (Fsp3) is 0.429. The molecule has 3 amide bonds. The first-order valence-electron chi connectivity index (χ1n) is 13.0. The summed E-state index contributed by atoms with van der Waals surface area (Å²) in [6.07, 6.45) is -4.47. The molecule has 9 nitrogen and oxygen atoms in total. The number of benzene rings is 2. The number of ether oxygens (including phenoxy) is 2. The molecule has 0 radical (unpaired) electrons. The van der Waals surface area contributed by atoms with Crippen LogP contribution < -0.4 is 10.6 Å². The molecule has 3 rings (SSSR count). The van der Waals surface area contributed by atoms with E-state index >= 15 is 0 Å². The third-order valence-electron chi connectivity index (χ3n) is 6.30. The molecule has 1 fully saturated rings. The number of alkyl halides is 3. The molecule has 1 aliphatic rings. The van der Waals surface area contributed by atoms with Crippen molar-refractivity contribution in [1.29, 1.82) is 0 Å². The first-order chi connectivity index (χ1) is 19.1. The molecule has 2 aromatic rings. The minimum absolute atomic E-state index is 0.0325. The van der Waals surface area contributed by atoms with Crippen LogP contribution in [0.3, 0.4) is 0 Å². The van der Waals surface area contributed by atoms with E-state index < -0.39 is 42.1 Å². The van der Waals surface area contributed by atoms with Crippen molar-refractivity contribution in [2.45, 2.75) is 63.6 Å². The summed E-state index contributed by atoms with van der Waals surface area (Å²) < 4.78 is 47.8. The first-order valence-corrected chi connectivity index (χ1v) is 13.0. The lowest BCUT2D eigenvalue weighted by Gasteiger charge is -2.28. The Labute approximate surface area is 230 Å². The summed E-state index contributed by atoms with van der Waals surface area (Å²) in [6.45, 7) is 0.0449. The van der Waals surface area contributed by atoms with Gasteiger partial charge in [-0.05, 0) is 43.2 Å². The zero-order valence-electron chi connectivity index (χ0n) is 21.8. The number of alkyl carbamates (subject to hydrolysis) is 1. The third kappa shape index (κ3) is 9.58. The standard InChI is InChI=1S/C28H32F3N3O6/c29-28(30,31)26(37)32-16-8-7-14-22(33-27(38)40-19-21-12-5-2-6-13-21)24(35)34-17-9-15-23(34)25(36)39-18-20-10-3-1-4-11-20/h1-6,10-13,22-23H,7-9,14-19H2,(H,32,37)(H,33,38)/t22-,23?/m0/s1. The van der Waals surface area contributed by atoms with Crippen molar-refractivity contribution >= 4 is 23.9 Å². The van der Waals surface area contributed by atoms with Gasteiger partial charge in [-0.2, -0.15) is 13.2 Å². The Kier molecular flexibility index (Phi) is 11.3. The maximum atomic E-state index is 13.5. The molecule has 0 aromatic heterocycles. The van der Waals surface area contributed by atoms with Gasteiger partial charge in [-0.25, -0.2) is 9.59 Å². The molecule has 0 spiro atoms. The van der Waals surface area contributed by atoms with Crippen molar-refractivity contribution < 1.29 is 41.8 Å². The van der Waals surface area contributed by atoms with E-state index in [9.17, 15) is 32.3 Å². The van der Waals surface area contributed by atoms with E-state index in [0.29, 0.717) is 12.8 Å². The molecule has 2 atom stereocenters. The van der Waals surface area contributed by atoms with Crippen LogP contribution in [-0.2, 0) is 37.1 Å². The van der Waals surface area contributed by atoms with Crippen molar-refractivity contribution in [1.82, 2.24) is 15.5 Å². The van der Waals surface area contributed by atoms with Gasteiger partial charge in [-0.1, -0.05) is 60.7 Å². The molecule has 12 heteroatoms. The Morgan fingerprint density at radius 1 is 0.900 bits per heavy atom. The van der Waals surface area contributed by atoms with Crippen molar-refractivity contribution in [3.63, 3.8) is 0 Å². The SMILES string of the molecule is O=C(N[C@@H](CCCCNC(=O)C(F)(F)F)C(=O)N1CCCC1C(=O)OCc1ccccc1)OCc1ccccc1. The van der Waals surface area contributed by atoms with Crippen LogP contribution in [0.5, 0.6) is 0 Å². The van der Waals surface area contributed by atoms with Gasteiger partial charge in [0.1, 0.15) is 25.3 Å². The van der Waals surface area contributed by atoms with Gasteiger partial charge < -0.3 is 25.0 Å². The Morgan fingerprint density at radius 2 is 1.50 bits per heavy atom. The number of amides is 3. The summed E-state index contributed by atoms with van der Waals surface area (Å²) in [6, 6.07) is 16.1. The summed E-state index contributed by atoms with van der Waals surface area (Å²) in [7, 11) is 0. The van der Waals surface area contributed by atoms with E-state index in [4.69, 9.17) is 9.47 Å². The van der Waals surface area contributed by atoms with Crippen LogP contribution in [0.2, 0.25) is 0 Å². The largest absolute Gasteiger partial charge is 0.471 e. The van der Waals surface area contributed by atoms with Gasteiger partial charge in [-0.15, -0.1) is 0 Å². The number of unbranched alkanes of at least 4 members (excludes halogenated alkanes) is 1. The number of likely N-dealkylation sites (tertiary alicyclic amines) is 1. The molecule has 1 saturated heterocycles. The Bertz CT molecular complexity index is 1130. The van der Waals surface area contributed by atoms with Crippen LogP contribution in [0, 0.1) is 0 Å². The summed E-state index contributed by atoms with van der Waals surface area (Å²) in [5, 5.41) is 4.31. The summed E-state index contributed by atoms with van der Waals surface area (Å²) in [5.74, 6) is -3.12. The number of carbonyl (C=O) groups excluding carboxylic acids is 4. The second-order valence-electron chi connectivity index (χ2n) is 9.29. The molecule has 0 saturated carbocycles. The highest BCUT2D eigenvalue weighted by Gasteiger charge is 2.39. The summed E-state index contributed by atoms with van der Waals surface area (Å²) in [4.78, 5) is 51.2. The number of hydrogen-bond donors (Lipinski definition) is 2. The maximum absolute atomic E-state index is 13.5. The van der Waals surface area contributed by atoms with Crippen molar-refractivity contribution in [2.75, 3.05) is 13.1 Å². The quantitative estimate of drug-likeness (QED) is 0.300. The number of nitrogens with one attached hydrogen (secondary N) is 2. The predicted octanol–water partition coefficient (Wildman–Crippen LogP) is 3.86. The van der Waals surface area contributed by atoms with E-state index in [1.807, 2.05) is 36.4 Å². The first kappa shape index (κ1) is 30.5. The number of esters is 1. The van der Waals surface area contributed by atoms with Gasteiger partial charge in [0.15, 0.2) is 0 Å². The Hall–Kier alpha value is -4.09. The molecule has 216 valence electrons. The normalized spacial score (nSPS) is 15.7. The number of carbonyl (C=O) groups is 4. The second kappa shape index (κ2) is 14.9. The number of rotatable bonds is 12. The molecule has 2 aromatic carbocycles. The minimum Gasteiger partial charge on any atom is -0.459 e. The van der Waals surface area contributed by atoms with Crippen molar-refractivity contribution in [3.05, 3.63) is 71.8 Å². The van der Waals surface area contributed by atoms with E-state index in [1.54, 1.807) is 29.6 Å². The van der Waals surface area contributed by atoms with Crippen LogP contribution >= 0.6 is 0 Å². The average Bonchev–Trinajstić information content (AvgIpc) is 3.44. The van der Waals surface area contributed by atoms with E-state index in [2.05, 4.69) is 5.32 Å². The molecular weight excluding hydrogens is 531 g/mol. The van der Waals surface area contributed by atoms with Crippen molar-refractivity contribution in [2.24, 2.45) is 0 Å². The Morgan fingerprint density at radius 3 is 2.10 bits per heavy atom. The molecule has 1 unspecified atom stereocenters.